The standard InChI is InChI=1S/C38H58N4O6/c1-4-7-10-13-17-28-22-24-31(33(43)26-28)37(47)41-39-35(45)21-16-12-15-20-30(19-9-6-3)36(46)40-42-38(48)32-25-23-29(27-34(32)44)18-14-11-8-5-2/h22-27,30,43-44H,4-21H2,1-3H3,(H,39,45)(H,40,46)(H,41,47)(H,42,48). The molecule has 0 spiro atoms. The van der Waals surface area contributed by atoms with E-state index >= 15 is 0 Å². The number of carbonyl (C=O) groups excluding carboxylic acids is 4. The Bertz CT molecular complexity index is 1300. The highest BCUT2D eigenvalue weighted by Crippen LogP contribution is 2.22. The number of phenolic OH excluding ortho intramolecular Hbond substituents is 2. The maximum atomic E-state index is 12.9. The van der Waals surface area contributed by atoms with E-state index < -0.39 is 11.8 Å². The quantitative estimate of drug-likeness (QED) is 0.0571. The number of amides is 4. The average molecular weight is 667 g/mol. The molecule has 48 heavy (non-hydrogen) atoms. The van der Waals surface area contributed by atoms with Gasteiger partial charge in [0.15, 0.2) is 0 Å². The first-order valence-corrected chi connectivity index (χ1v) is 18.0. The van der Waals surface area contributed by atoms with Gasteiger partial charge in [0.05, 0.1) is 11.1 Å². The molecule has 4 amide bonds. The Balaban J connectivity index is 1.72. The Labute approximate surface area is 286 Å². The van der Waals surface area contributed by atoms with Crippen molar-refractivity contribution in [3.05, 3.63) is 58.7 Å². The van der Waals surface area contributed by atoms with E-state index in [0.717, 1.165) is 75.3 Å². The third-order valence-electron chi connectivity index (χ3n) is 8.60. The molecule has 2 aromatic rings. The Morgan fingerprint density at radius 3 is 1.54 bits per heavy atom. The molecule has 0 bridgehead atoms. The van der Waals surface area contributed by atoms with Gasteiger partial charge >= 0.3 is 0 Å². The maximum absolute atomic E-state index is 12.9. The van der Waals surface area contributed by atoms with Crippen molar-refractivity contribution >= 4 is 23.6 Å². The molecule has 0 saturated heterocycles. The molecule has 10 nitrogen and oxygen atoms in total. The number of aromatic hydroxyl groups is 2. The zero-order valence-corrected chi connectivity index (χ0v) is 29.3. The Morgan fingerprint density at radius 2 is 1.04 bits per heavy atom. The molecule has 0 aliphatic rings. The van der Waals surface area contributed by atoms with Crippen LogP contribution in [0.4, 0.5) is 0 Å². The van der Waals surface area contributed by atoms with E-state index in [-0.39, 0.29) is 46.8 Å². The molecule has 10 heteroatoms. The number of hydrogen-bond acceptors (Lipinski definition) is 6. The van der Waals surface area contributed by atoms with Gasteiger partial charge in [0.1, 0.15) is 11.5 Å². The predicted octanol–water partition coefficient (Wildman–Crippen LogP) is 7.32. The van der Waals surface area contributed by atoms with Crippen molar-refractivity contribution in [2.45, 2.75) is 136 Å². The molecule has 2 aromatic carbocycles. The van der Waals surface area contributed by atoms with Crippen LogP contribution < -0.4 is 21.7 Å². The second-order valence-electron chi connectivity index (χ2n) is 12.7. The Kier molecular flexibility index (Phi) is 19.4. The summed E-state index contributed by atoms with van der Waals surface area (Å²) < 4.78 is 0. The lowest BCUT2D eigenvalue weighted by molar-refractivity contribution is -0.126. The first-order valence-electron chi connectivity index (χ1n) is 18.0. The molecular weight excluding hydrogens is 608 g/mol. The van der Waals surface area contributed by atoms with Gasteiger partial charge in [-0.3, -0.25) is 40.9 Å². The Morgan fingerprint density at radius 1 is 0.562 bits per heavy atom. The average Bonchev–Trinajstić information content (AvgIpc) is 3.07. The van der Waals surface area contributed by atoms with Gasteiger partial charge in [-0.25, -0.2) is 0 Å². The van der Waals surface area contributed by atoms with E-state index in [2.05, 4.69) is 42.5 Å². The Hall–Kier alpha value is -4.08. The van der Waals surface area contributed by atoms with Gasteiger partial charge in [-0.2, -0.15) is 0 Å². The predicted molar refractivity (Wildman–Crippen MR) is 189 cm³/mol. The summed E-state index contributed by atoms with van der Waals surface area (Å²) >= 11 is 0. The van der Waals surface area contributed by atoms with E-state index in [1.807, 2.05) is 12.1 Å². The summed E-state index contributed by atoms with van der Waals surface area (Å²) in [7, 11) is 0. The van der Waals surface area contributed by atoms with Crippen LogP contribution in [0.25, 0.3) is 0 Å². The fraction of sp³-hybridized carbons (Fsp3) is 0.579. The normalized spacial score (nSPS) is 11.5. The molecule has 6 N–H and O–H groups in total. The number of aryl methyl sites for hydroxylation is 2. The summed E-state index contributed by atoms with van der Waals surface area (Å²) in [6, 6.07) is 10.0. The van der Waals surface area contributed by atoms with Gasteiger partial charge in [-0.05, 0) is 80.3 Å². The smallest absolute Gasteiger partial charge is 0.273 e. The first kappa shape index (κ1) is 40.1. The molecule has 1 atom stereocenters. The summed E-state index contributed by atoms with van der Waals surface area (Å²) in [6.45, 7) is 6.36. The van der Waals surface area contributed by atoms with Crippen LogP contribution in [-0.2, 0) is 22.4 Å². The second kappa shape index (κ2) is 23.3. The summed E-state index contributed by atoms with van der Waals surface area (Å²) in [5.74, 6) is -2.30. The lowest BCUT2D eigenvalue weighted by Crippen LogP contribution is -2.44. The van der Waals surface area contributed by atoms with Crippen molar-refractivity contribution in [2.75, 3.05) is 0 Å². The molecule has 0 aliphatic carbocycles. The van der Waals surface area contributed by atoms with Gasteiger partial charge in [-0.1, -0.05) is 97.1 Å². The molecule has 0 radical (unpaired) electrons. The molecule has 0 saturated carbocycles. The van der Waals surface area contributed by atoms with Crippen molar-refractivity contribution in [3.63, 3.8) is 0 Å². The van der Waals surface area contributed by atoms with E-state index in [1.54, 1.807) is 24.3 Å². The second-order valence-corrected chi connectivity index (χ2v) is 12.7. The van der Waals surface area contributed by atoms with Crippen LogP contribution >= 0.6 is 0 Å². The first-order chi connectivity index (χ1) is 23.2. The number of unbranched alkanes of at least 4 members (excludes halogenated alkanes) is 9. The maximum Gasteiger partial charge on any atom is 0.273 e. The number of phenols is 2. The van der Waals surface area contributed by atoms with Gasteiger partial charge in [0, 0.05) is 12.3 Å². The zero-order chi connectivity index (χ0) is 35.1. The molecule has 0 aromatic heterocycles. The van der Waals surface area contributed by atoms with Crippen molar-refractivity contribution in [1.29, 1.82) is 0 Å². The number of benzene rings is 2. The minimum atomic E-state index is -0.583. The van der Waals surface area contributed by atoms with Crippen molar-refractivity contribution in [3.8, 4) is 11.5 Å². The van der Waals surface area contributed by atoms with Crippen LogP contribution in [0.2, 0.25) is 0 Å². The van der Waals surface area contributed by atoms with Crippen LogP contribution in [0.3, 0.4) is 0 Å². The third kappa shape index (κ3) is 15.2. The molecular formula is C38H58N4O6. The molecule has 2 rings (SSSR count). The van der Waals surface area contributed by atoms with E-state index in [9.17, 15) is 29.4 Å². The summed E-state index contributed by atoms with van der Waals surface area (Å²) in [5.41, 5.74) is 11.9. The highest BCUT2D eigenvalue weighted by Gasteiger charge is 2.20. The summed E-state index contributed by atoms with van der Waals surface area (Å²) in [5, 5.41) is 20.7. The third-order valence-corrected chi connectivity index (χ3v) is 8.60. The molecule has 1 unspecified atom stereocenters. The van der Waals surface area contributed by atoms with Crippen LogP contribution in [0.15, 0.2) is 36.4 Å². The van der Waals surface area contributed by atoms with E-state index in [1.165, 1.54) is 12.8 Å². The monoisotopic (exact) mass is 666 g/mol. The zero-order valence-electron chi connectivity index (χ0n) is 29.3. The van der Waals surface area contributed by atoms with Crippen LogP contribution in [0, 0.1) is 5.92 Å². The fourth-order valence-electron chi connectivity index (χ4n) is 5.62. The lowest BCUT2D eigenvalue weighted by atomic mass is 9.94. The number of nitrogens with one attached hydrogen (secondary N) is 4. The minimum absolute atomic E-state index is 0.100. The van der Waals surface area contributed by atoms with Crippen LogP contribution in [0.1, 0.15) is 155 Å². The number of carbonyl (C=O) groups is 4. The molecule has 0 fully saturated rings. The van der Waals surface area contributed by atoms with Gasteiger partial charge in [-0.15, -0.1) is 0 Å². The highest BCUT2D eigenvalue weighted by atomic mass is 16.3. The largest absolute Gasteiger partial charge is 0.507 e. The fourth-order valence-corrected chi connectivity index (χ4v) is 5.62. The van der Waals surface area contributed by atoms with E-state index in [4.69, 9.17) is 0 Å². The lowest BCUT2D eigenvalue weighted by Gasteiger charge is -2.17. The van der Waals surface area contributed by atoms with Crippen LogP contribution in [-0.4, -0.2) is 33.8 Å². The van der Waals surface area contributed by atoms with E-state index in [0.29, 0.717) is 32.1 Å². The number of rotatable bonds is 22. The topological polar surface area (TPSA) is 157 Å². The SMILES string of the molecule is CCCCCCc1ccc(C(=O)NNC(=O)CCCCCC(CCCC)C(=O)NNC(=O)c2ccc(CCCCCC)cc2O)c(O)c1. The summed E-state index contributed by atoms with van der Waals surface area (Å²) in [4.78, 5) is 50.4. The number of hydrazine groups is 2. The van der Waals surface area contributed by atoms with Crippen molar-refractivity contribution < 1.29 is 29.4 Å². The van der Waals surface area contributed by atoms with Gasteiger partial charge in [0.25, 0.3) is 11.8 Å². The van der Waals surface area contributed by atoms with Gasteiger partial charge < -0.3 is 10.2 Å². The summed E-state index contributed by atoms with van der Waals surface area (Å²) in [6.07, 6.45) is 15.9. The number of hydrogen-bond donors (Lipinski definition) is 6. The van der Waals surface area contributed by atoms with Crippen molar-refractivity contribution in [2.24, 2.45) is 5.92 Å². The molecule has 0 heterocycles. The van der Waals surface area contributed by atoms with Gasteiger partial charge in [0.2, 0.25) is 11.8 Å². The molecule has 0 aliphatic heterocycles. The van der Waals surface area contributed by atoms with Crippen molar-refractivity contribution in [1.82, 2.24) is 21.7 Å². The minimum Gasteiger partial charge on any atom is -0.507 e. The highest BCUT2D eigenvalue weighted by molar-refractivity contribution is 5.98. The van der Waals surface area contributed by atoms with Crippen LogP contribution in [0.5, 0.6) is 11.5 Å². The molecule has 266 valence electrons.